The fourth-order valence-electron chi connectivity index (χ4n) is 2.85. The molecule has 35 heavy (non-hydrogen) atoms. The third-order valence-corrected chi connectivity index (χ3v) is 16.4. The van der Waals surface area contributed by atoms with E-state index in [2.05, 4.69) is 79.9 Å². The van der Waals surface area contributed by atoms with Crippen LogP contribution in [0.5, 0.6) is 11.5 Å². The molecule has 2 N–H and O–H groups in total. The molecule has 0 aliphatic rings. The molecule has 0 spiro atoms. The highest BCUT2D eigenvalue weighted by Crippen LogP contribution is 2.44. The first kappa shape index (κ1) is 31.7. The number of benzene rings is 1. The maximum Gasteiger partial charge on any atom is 0.326 e. The van der Waals surface area contributed by atoms with Gasteiger partial charge in [-0.25, -0.2) is 0 Å². The number of ether oxygens (including phenoxy) is 1. The van der Waals surface area contributed by atoms with Crippen LogP contribution in [0.2, 0.25) is 36.3 Å². The minimum absolute atomic E-state index is 0.0527. The second-order valence-corrected chi connectivity index (χ2v) is 23.8. The molecule has 5 nitrogen and oxygen atoms in total. The van der Waals surface area contributed by atoms with E-state index in [1.54, 1.807) is 6.92 Å². The molecule has 0 saturated heterocycles. The zero-order valence-electron chi connectivity index (χ0n) is 25.2. The van der Waals surface area contributed by atoms with E-state index in [1.165, 1.54) is 0 Å². The van der Waals surface area contributed by atoms with E-state index in [0.29, 0.717) is 6.42 Å². The highest BCUT2D eigenvalue weighted by atomic mass is 28.4. The van der Waals surface area contributed by atoms with Crippen molar-refractivity contribution in [1.82, 2.24) is 0 Å². The molecule has 1 rings (SSSR count). The molecular weight excluding hydrogens is 470 g/mol. The molecule has 0 aromatic heterocycles. The summed E-state index contributed by atoms with van der Waals surface area (Å²) >= 11 is 0. The van der Waals surface area contributed by atoms with Crippen LogP contribution in [-0.2, 0) is 16.0 Å². The van der Waals surface area contributed by atoms with Gasteiger partial charge in [-0.3, -0.25) is 4.79 Å². The van der Waals surface area contributed by atoms with Crippen LogP contribution in [-0.4, -0.2) is 33.7 Å². The van der Waals surface area contributed by atoms with Crippen LogP contribution in [0, 0.1) is 5.92 Å². The highest BCUT2D eigenvalue weighted by molar-refractivity contribution is 6.75. The monoisotopic (exact) mass is 523 g/mol. The van der Waals surface area contributed by atoms with Gasteiger partial charge < -0.3 is 19.3 Å². The summed E-state index contributed by atoms with van der Waals surface area (Å²) in [6.07, 6.45) is 0.625. The van der Waals surface area contributed by atoms with Crippen molar-refractivity contribution in [2.45, 2.75) is 130 Å². The molecule has 0 aliphatic carbocycles. The van der Waals surface area contributed by atoms with Gasteiger partial charge in [0.05, 0.1) is 0 Å². The van der Waals surface area contributed by atoms with Crippen molar-refractivity contribution in [1.29, 1.82) is 0 Å². The first-order valence-corrected chi connectivity index (χ1v) is 18.6. The number of carbonyl (C=O) groups is 1. The topological polar surface area (TPSA) is 70.8 Å². The lowest BCUT2D eigenvalue weighted by Gasteiger charge is -2.40. The van der Waals surface area contributed by atoms with Crippen LogP contribution in [0.25, 0.3) is 0 Å². The molecule has 0 bridgehead atoms. The quantitative estimate of drug-likeness (QED) is 0.279. The van der Waals surface area contributed by atoms with Gasteiger partial charge in [0.1, 0.15) is 22.6 Å². The Kier molecular flexibility index (Phi) is 9.25. The zero-order chi connectivity index (χ0) is 27.8. The van der Waals surface area contributed by atoms with Gasteiger partial charge in [-0.05, 0) is 94.0 Å². The minimum atomic E-state index is -2.11. The van der Waals surface area contributed by atoms with Gasteiger partial charge >= 0.3 is 5.97 Å². The van der Waals surface area contributed by atoms with Crippen molar-refractivity contribution in [2.75, 3.05) is 0 Å². The third kappa shape index (κ3) is 8.36. The average molecular weight is 524 g/mol. The van der Waals surface area contributed by atoms with Gasteiger partial charge in [0, 0.05) is 0 Å². The number of esters is 1. The fourth-order valence-corrected chi connectivity index (χ4v) is 4.89. The van der Waals surface area contributed by atoms with Crippen LogP contribution in [0.3, 0.4) is 0 Å². The number of hydrogen-bond acceptors (Lipinski definition) is 5. The Morgan fingerprint density at radius 1 is 0.829 bits per heavy atom. The molecule has 0 saturated carbocycles. The highest BCUT2D eigenvalue weighted by Gasteiger charge is 2.43. The molecule has 0 amide bonds. The molecule has 1 aromatic carbocycles. The number of rotatable bonds is 8. The van der Waals surface area contributed by atoms with E-state index in [1.807, 2.05) is 33.8 Å². The van der Waals surface area contributed by atoms with E-state index < -0.39 is 27.8 Å². The maximum atomic E-state index is 12.8. The van der Waals surface area contributed by atoms with Gasteiger partial charge in [0.25, 0.3) is 16.6 Å². The molecule has 0 aliphatic heterocycles. The van der Waals surface area contributed by atoms with Gasteiger partial charge in [-0.1, -0.05) is 54.5 Å². The Morgan fingerprint density at radius 3 is 1.66 bits per heavy atom. The predicted molar refractivity (Wildman–Crippen MR) is 153 cm³/mol. The summed E-state index contributed by atoms with van der Waals surface area (Å²) in [5.41, 5.74) is 5.88. The molecule has 7 heteroatoms. The maximum absolute atomic E-state index is 12.8. The Hall–Kier alpha value is -1.32. The van der Waals surface area contributed by atoms with E-state index >= 15 is 0 Å². The summed E-state index contributed by atoms with van der Waals surface area (Å²) in [5, 5.41) is 0.125. The average Bonchev–Trinajstić information content (AvgIpc) is 2.60. The van der Waals surface area contributed by atoms with Crippen molar-refractivity contribution in [2.24, 2.45) is 11.7 Å². The Morgan fingerprint density at radius 2 is 1.26 bits per heavy atom. The summed E-state index contributed by atoms with van der Waals surface area (Å²) < 4.78 is 19.1. The van der Waals surface area contributed by atoms with Crippen molar-refractivity contribution < 1.29 is 18.4 Å². The standard InChI is InChI=1S/C28H53NO4Si2/c1-20(28(11,29)24(30)31-25(2,3)4)18-21-16-17-22(32-34(12,13)26(5,6)7)23(19-21)33-35(14,15)27(8,9)10/h16-17,19-20H,18,29H2,1-15H3/t20-,28?/m0/s1. The summed E-state index contributed by atoms with van der Waals surface area (Å²) in [5.74, 6) is 1.08. The first-order chi connectivity index (χ1) is 15.3. The molecule has 0 fully saturated rings. The molecule has 1 aromatic rings. The van der Waals surface area contributed by atoms with Crippen LogP contribution in [0.1, 0.15) is 81.7 Å². The van der Waals surface area contributed by atoms with Crippen LogP contribution in [0.15, 0.2) is 18.2 Å². The second-order valence-electron chi connectivity index (χ2n) is 14.4. The van der Waals surface area contributed by atoms with Crippen molar-refractivity contribution >= 4 is 22.6 Å². The van der Waals surface area contributed by atoms with Crippen LogP contribution in [0.4, 0.5) is 0 Å². The Balaban J connectivity index is 3.38. The number of nitrogens with two attached hydrogens (primary N) is 1. The van der Waals surface area contributed by atoms with Crippen LogP contribution < -0.4 is 14.6 Å². The van der Waals surface area contributed by atoms with Crippen molar-refractivity contribution in [3.63, 3.8) is 0 Å². The molecule has 1 unspecified atom stereocenters. The lowest BCUT2D eigenvalue weighted by atomic mass is 9.83. The van der Waals surface area contributed by atoms with Gasteiger partial charge in [0.2, 0.25) is 0 Å². The van der Waals surface area contributed by atoms with Crippen molar-refractivity contribution in [3.8, 4) is 11.5 Å². The van der Waals surface area contributed by atoms with E-state index in [-0.39, 0.29) is 22.0 Å². The van der Waals surface area contributed by atoms with Gasteiger partial charge in [-0.15, -0.1) is 0 Å². The van der Waals surface area contributed by atoms with Gasteiger partial charge in [-0.2, -0.15) is 0 Å². The summed E-state index contributed by atoms with van der Waals surface area (Å²) in [4.78, 5) is 12.8. The van der Waals surface area contributed by atoms with E-state index in [4.69, 9.17) is 19.3 Å². The normalized spacial score (nSPS) is 16.3. The van der Waals surface area contributed by atoms with E-state index in [0.717, 1.165) is 17.1 Å². The fraction of sp³-hybridized carbons (Fsp3) is 0.750. The molecule has 0 radical (unpaired) electrons. The first-order valence-electron chi connectivity index (χ1n) is 12.8. The lowest BCUT2D eigenvalue weighted by molar-refractivity contribution is -0.163. The second kappa shape index (κ2) is 10.2. The third-order valence-electron chi connectivity index (χ3n) is 7.76. The van der Waals surface area contributed by atoms with E-state index in [9.17, 15) is 4.79 Å². The minimum Gasteiger partial charge on any atom is -0.541 e. The Bertz CT molecular complexity index is 888. The zero-order valence-corrected chi connectivity index (χ0v) is 27.2. The molecule has 2 atom stereocenters. The van der Waals surface area contributed by atoms with Crippen LogP contribution >= 0.6 is 0 Å². The molecular formula is C28H53NO4Si2. The summed E-state index contributed by atoms with van der Waals surface area (Å²) in [6.45, 7) is 31.8. The number of carbonyl (C=O) groups excluding carboxylic acids is 1. The Labute approximate surface area is 217 Å². The van der Waals surface area contributed by atoms with Crippen molar-refractivity contribution in [3.05, 3.63) is 23.8 Å². The lowest BCUT2D eigenvalue weighted by Crippen LogP contribution is -2.53. The predicted octanol–water partition coefficient (Wildman–Crippen LogP) is 7.69. The molecule has 0 heterocycles. The largest absolute Gasteiger partial charge is 0.541 e. The van der Waals surface area contributed by atoms with Gasteiger partial charge in [0.15, 0.2) is 0 Å². The SMILES string of the molecule is C[C@@H](Cc1ccc(O[Si](C)(C)C(C)(C)C)c(O[Si](C)(C)C(C)(C)C)c1)C(C)(N)C(=O)OC(C)(C)C. The summed E-state index contributed by atoms with van der Waals surface area (Å²) in [7, 11) is -4.17. The summed E-state index contributed by atoms with van der Waals surface area (Å²) in [6, 6.07) is 6.19. The number of hydrogen-bond donors (Lipinski definition) is 1. The molecule has 202 valence electrons. The smallest absolute Gasteiger partial charge is 0.326 e.